The standard InChI is InChI=1S/C16H17NO2/c1-12-7-5-6-10-14(12)16(19)17-15(11-18)13-8-3-2-4-9-13/h2-10,15,18H,11H2,1H3,(H,17,19)/t15-/m0/s1. The Balaban J connectivity index is 2.16. The maximum absolute atomic E-state index is 12.2. The Labute approximate surface area is 112 Å². The van der Waals surface area contributed by atoms with E-state index >= 15 is 0 Å². The summed E-state index contributed by atoms with van der Waals surface area (Å²) in [4.78, 5) is 12.2. The third kappa shape index (κ3) is 3.20. The van der Waals surface area contributed by atoms with Crippen LogP contribution in [0.3, 0.4) is 0 Å². The summed E-state index contributed by atoms with van der Waals surface area (Å²) in [7, 11) is 0. The van der Waals surface area contributed by atoms with Crippen molar-refractivity contribution in [3.8, 4) is 0 Å². The van der Waals surface area contributed by atoms with Gasteiger partial charge in [-0.2, -0.15) is 0 Å². The second kappa shape index (κ2) is 6.16. The highest BCUT2D eigenvalue weighted by Gasteiger charge is 2.15. The van der Waals surface area contributed by atoms with E-state index in [0.29, 0.717) is 5.56 Å². The molecule has 0 unspecified atom stereocenters. The minimum atomic E-state index is -0.381. The van der Waals surface area contributed by atoms with Crippen molar-refractivity contribution in [3.05, 3.63) is 71.3 Å². The smallest absolute Gasteiger partial charge is 0.252 e. The average Bonchev–Trinajstić information content (AvgIpc) is 2.46. The van der Waals surface area contributed by atoms with Crippen LogP contribution in [0.2, 0.25) is 0 Å². The van der Waals surface area contributed by atoms with E-state index in [1.807, 2.05) is 55.5 Å². The fraction of sp³-hybridized carbons (Fsp3) is 0.188. The number of benzene rings is 2. The third-order valence-electron chi connectivity index (χ3n) is 3.08. The summed E-state index contributed by atoms with van der Waals surface area (Å²) in [5.41, 5.74) is 2.45. The lowest BCUT2D eigenvalue weighted by Gasteiger charge is -2.17. The zero-order chi connectivity index (χ0) is 13.7. The quantitative estimate of drug-likeness (QED) is 0.881. The summed E-state index contributed by atoms with van der Waals surface area (Å²) >= 11 is 0. The van der Waals surface area contributed by atoms with Gasteiger partial charge in [0.15, 0.2) is 0 Å². The first kappa shape index (κ1) is 13.3. The van der Waals surface area contributed by atoms with Crippen molar-refractivity contribution in [1.82, 2.24) is 5.32 Å². The van der Waals surface area contributed by atoms with Crippen molar-refractivity contribution < 1.29 is 9.90 Å². The predicted octanol–water partition coefficient (Wildman–Crippen LogP) is 2.46. The van der Waals surface area contributed by atoms with Gasteiger partial charge >= 0.3 is 0 Å². The fourth-order valence-corrected chi connectivity index (χ4v) is 1.98. The zero-order valence-corrected chi connectivity index (χ0v) is 10.8. The van der Waals surface area contributed by atoms with Crippen LogP contribution in [0, 0.1) is 6.92 Å². The SMILES string of the molecule is Cc1ccccc1C(=O)N[C@@H](CO)c1ccccc1. The maximum atomic E-state index is 12.2. The van der Waals surface area contributed by atoms with Crippen LogP contribution in [0.15, 0.2) is 54.6 Å². The first-order valence-electron chi connectivity index (χ1n) is 6.24. The normalized spacial score (nSPS) is 11.9. The summed E-state index contributed by atoms with van der Waals surface area (Å²) in [6, 6.07) is 16.5. The van der Waals surface area contributed by atoms with Gasteiger partial charge in [0.05, 0.1) is 12.6 Å². The van der Waals surface area contributed by atoms with Crippen LogP contribution in [-0.4, -0.2) is 17.6 Å². The molecule has 0 fully saturated rings. The van der Waals surface area contributed by atoms with E-state index in [1.54, 1.807) is 6.07 Å². The topological polar surface area (TPSA) is 49.3 Å². The molecule has 3 nitrogen and oxygen atoms in total. The van der Waals surface area contributed by atoms with Crippen LogP contribution < -0.4 is 5.32 Å². The summed E-state index contributed by atoms with van der Waals surface area (Å²) in [5.74, 6) is -0.166. The lowest BCUT2D eigenvalue weighted by atomic mass is 10.1. The molecule has 0 aliphatic rings. The summed E-state index contributed by atoms with van der Waals surface area (Å²) in [5, 5.41) is 12.3. The van der Waals surface area contributed by atoms with E-state index in [-0.39, 0.29) is 18.6 Å². The molecule has 0 aliphatic heterocycles. The van der Waals surface area contributed by atoms with E-state index < -0.39 is 0 Å². The van der Waals surface area contributed by atoms with E-state index in [9.17, 15) is 9.90 Å². The summed E-state index contributed by atoms with van der Waals surface area (Å²) in [6.45, 7) is 1.77. The number of aryl methyl sites for hydroxylation is 1. The summed E-state index contributed by atoms with van der Waals surface area (Å²) in [6.07, 6.45) is 0. The molecule has 0 heterocycles. The number of nitrogens with one attached hydrogen (secondary N) is 1. The van der Waals surface area contributed by atoms with Crippen molar-refractivity contribution in [2.75, 3.05) is 6.61 Å². The first-order valence-corrected chi connectivity index (χ1v) is 6.24. The molecule has 1 atom stereocenters. The van der Waals surface area contributed by atoms with Gasteiger partial charge in [-0.15, -0.1) is 0 Å². The Morgan fingerprint density at radius 3 is 2.37 bits per heavy atom. The molecule has 2 rings (SSSR count). The fourth-order valence-electron chi connectivity index (χ4n) is 1.98. The van der Waals surface area contributed by atoms with Crippen LogP contribution in [-0.2, 0) is 0 Å². The molecule has 0 bridgehead atoms. The molecule has 0 aromatic heterocycles. The highest BCUT2D eigenvalue weighted by atomic mass is 16.3. The molecule has 0 spiro atoms. The largest absolute Gasteiger partial charge is 0.394 e. The predicted molar refractivity (Wildman–Crippen MR) is 74.9 cm³/mol. The van der Waals surface area contributed by atoms with Crippen molar-refractivity contribution in [2.24, 2.45) is 0 Å². The Morgan fingerprint density at radius 1 is 1.11 bits per heavy atom. The number of hydrogen-bond acceptors (Lipinski definition) is 2. The van der Waals surface area contributed by atoms with Gasteiger partial charge in [0.2, 0.25) is 0 Å². The molecule has 2 aromatic rings. The Kier molecular flexibility index (Phi) is 4.31. The Morgan fingerprint density at radius 2 is 1.74 bits per heavy atom. The second-order valence-corrected chi connectivity index (χ2v) is 4.43. The first-order chi connectivity index (χ1) is 9.22. The number of amides is 1. The van der Waals surface area contributed by atoms with Gasteiger partial charge in [-0.25, -0.2) is 0 Å². The Hall–Kier alpha value is -2.13. The molecule has 98 valence electrons. The van der Waals surface area contributed by atoms with Gasteiger partial charge < -0.3 is 10.4 Å². The van der Waals surface area contributed by atoms with E-state index in [1.165, 1.54) is 0 Å². The Bertz CT molecular complexity index is 552. The third-order valence-corrected chi connectivity index (χ3v) is 3.08. The van der Waals surface area contributed by atoms with Crippen molar-refractivity contribution in [2.45, 2.75) is 13.0 Å². The molecule has 0 saturated heterocycles. The van der Waals surface area contributed by atoms with Gasteiger partial charge in [-0.1, -0.05) is 48.5 Å². The van der Waals surface area contributed by atoms with Gasteiger partial charge in [-0.05, 0) is 24.1 Å². The number of aliphatic hydroxyl groups excluding tert-OH is 1. The molecule has 0 radical (unpaired) electrons. The molecular weight excluding hydrogens is 238 g/mol. The maximum Gasteiger partial charge on any atom is 0.252 e. The van der Waals surface area contributed by atoms with E-state index in [0.717, 1.165) is 11.1 Å². The van der Waals surface area contributed by atoms with Gasteiger partial charge in [0, 0.05) is 5.56 Å². The number of carbonyl (C=O) groups excluding carboxylic acids is 1. The molecule has 1 amide bonds. The molecule has 19 heavy (non-hydrogen) atoms. The molecular formula is C16H17NO2. The monoisotopic (exact) mass is 255 g/mol. The van der Waals surface area contributed by atoms with Gasteiger partial charge in [0.1, 0.15) is 0 Å². The molecule has 0 saturated carbocycles. The van der Waals surface area contributed by atoms with Crippen molar-refractivity contribution >= 4 is 5.91 Å². The van der Waals surface area contributed by atoms with Crippen LogP contribution in [0.4, 0.5) is 0 Å². The van der Waals surface area contributed by atoms with Crippen molar-refractivity contribution in [1.29, 1.82) is 0 Å². The van der Waals surface area contributed by atoms with Gasteiger partial charge in [0.25, 0.3) is 5.91 Å². The number of rotatable bonds is 4. The van der Waals surface area contributed by atoms with E-state index in [4.69, 9.17) is 0 Å². The van der Waals surface area contributed by atoms with Crippen LogP contribution in [0.25, 0.3) is 0 Å². The highest BCUT2D eigenvalue weighted by Crippen LogP contribution is 2.14. The lowest BCUT2D eigenvalue weighted by Crippen LogP contribution is -2.31. The number of hydrogen-bond donors (Lipinski definition) is 2. The zero-order valence-electron chi connectivity index (χ0n) is 10.8. The highest BCUT2D eigenvalue weighted by molar-refractivity contribution is 5.95. The minimum absolute atomic E-state index is 0.123. The molecule has 2 N–H and O–H groups in total. The lowest BCUT2D eigenvalue weighted by molar-refractivity contribution is 0.0915. The van der Waals surface area contributed by atoms with Crippen LogP contribution in [0.1, 0.15) is 27.5 Å². The van der Waals surface area contributed by atoms with Crippen LogP contribution >= 0.6 is 0 Å². The van der Waals surface area contributed by atoms with Gasteiger partial charge in [-0.3, -0.25) is 4.79 Å². The number of aliphatic hydroxyl groups is 1. The molecule has 2 aromatic carbocycles. The van der Waals surface area contributed by atoms with Crippen LogP contribution in [0.5, 0.6) is 0 Å². The minimum Gasteiger partial charge on any atom is -0.394 e. The second-order valence-electron chi connectivity index (χ2n) is 4.43. The number of carbonyl (C=O) groups is 1. The molecule has 3 heteroatoms. The van der Waals surface area contributed by atoms with E-state index in [2.05, 4.69) is 5.32 Å². The summed E-state index contributed by atoms with van der Waals surface area (Å²) < 4.78 is 0. The molecule has 0 aliphatic carbocycles. The average molecular weight is 255 g/mol. The van der Waals surface area contributed by atoms with Crippen molar-refractivity contribution in [3.63, 3.8) is 0 Å².